The van der Waals surface area contributed by atoms with Crippen LogP contribution in [-0.2, 0) is 6.54 Å². The van der Waals surface area contributed by atoms with Gasteiger partial charge in [0.1, 0.15) is 0 Å². The molecule has 5 heteroatoms. The third-order valence-electron chi connectivity index (χ3n) is 4.22. The van der Waals surface area contributed by atoms with E-state index in [-0.39, 0.29) is 12.5 Å². The summed E-state index contributed by atoms with van der Waals surface area (Å²) in [5.74, 6) is 0.836. The highest BCUT2D eigenvalue weighted by atomic mass is 16.5. The molecule has 0 spiro atoms. The molecular weight excluding hydrogens is 326 g/mol. The zero-order chi connectivity index (χ0) is 17.9. The smallest absolute Gasteiger partial charge is 0.254 e. The standard InChI is InChI=1S/C21H17N3O2/c1-24(14-19-22-20(23-26-19)16-8-3-2-4-9-16)21(25)18-12-11-15-7-5-6-10-17(15)13-18/h2-13H,14H2,1H3. The normalized spacial score (nSPS) is 10.8. The summed E-state index contributed by atoms with van der Waals surface area (Å²) in [7, 11) is 1.73. The average Bonchev–Trinajstić information content (AvgIpc) is 3.16. The molecule has 0 bridgehead atoms. The second-order valence-electron chi connectivity index (χ2n) is 6.10. The molecule has 1 heterocycles. The highest BCUT2D eigenvalue weighted by Crippen LogP contribution is 2.18. The number of fused-ring (bicyclic) bond motifs is 1. The third-order valence-corrected chi connectivity index (χ3v) is 4.22. The van der Waals surface area contributed by atoms with Crippen molar-refractivity contribution in [3.8, 4) is 11.4 Å². The Morgan fingerprint density at radius 3 is 2.50 bits per heavy atom. The molecular formula is C21H17N3O2. The fraction of sp³-hybridized carbons (Fsp3) is 0.0952. The summed E-state index contributed by atoms with van der Waals surface area (Å²) in [4.78, 5) is 18.7. The minimum Gasteiger partial charge on any atom is -0.337 e. The highest BCUT2D eigenvalue weighted by molar-refractivity contribution is 5.98. The summed E-state index contributed by atoms with van der Waals surface area (Å²) in [6.45, 7) is 0.255. The minimum absolute atomic E-state index is 0.0878. The molecule has 5 nitrogen and oxygen atoms in total. The van der Waals surface area contributed by atoms with E-state index >= 15 is 0 Å². The van der Waals surface area contributed by atoms with Crippen molar-refractivity contribution in [1.82, 2.24) is 15.0 Å². The van der Waals surface area contributed by atoms with Gasteiger partial charge in [0.2, 0.25) is 11.7 Å². The van der Waals surface area contributed by atoms with Gasteiger partial charge in [-0.1, -0.05) is 65.8 Å². The molecule has 0 atom stereocenters. The van der Waals surface area contributed by atoms with Gasteiger partial charge >= 0.3 is 0 Å². The van der Waals surface area contributed by atoms with Crippen molar-refractivity contribution in [2.45, 2.75) is 6.54 Å². The van der Waals surface area contributed by atoms with E-state index in [1.807, 2.05) is 72.8 Å². The van der Waals surface area contributed by atoms with Gasteiger partial charge in [0.25, 0.3) is 5.91 Å². The fourth-order valence-electron chi connectivity index (χ4n) is 2.84. The van der Waals surface area contributed by atoms with Crippen molar-refractivity contribution >= 4 is 16.7 Å². The molecule has 0 saturated carbocycles. The van der Waals surface area contributed by atoms with E-state index in [0.717, 1.165) is 16.3 Å². The van der Waals surface area contributed by atoms with Crippen LogP contribution in [0.4, 0.5) is 0 Å². The average molecular weight is 343 g/mol. The number of rotatable bonds is 4. The van der Waals surface area contributed by atoms with Crippen LogP contribution in [0.1, 0.15) is 16.2 Å². The summed E-state index contributed by atoms with van der Waals surface area (Å²) in [6.07, 6.45) is 0. The first-order chi connectivity index (χ1) is 12.7. The molecule has 4 aromatic rings. The van der Waals surface area contributed by atoms with E-state index in [9.17, 15) is 4.79 Å². The summed E-state index contributed by atoms with van der Waals surface area (Å²) in [6, 6.07) is 23.3. The van der Waals surface area contributed by atoms with Gasteiger partial charge in [0.15, 0.2) is 0 Å². The second-order valence-corrected chi connectivity index (χ2v) is 6.10. The van der Waals surface area contributed by atoms with Gasteiger partial charge in [-0.25, -0.2) is 0 Å². The predicted octanol–water partition coefficient (Wildman–Crippen LogP) is 4.16. The van der Waals surface area contributed by atoms with Crippen LogP contribution < -0.4 is 0 Å². The molecule has 0 radical (unpaired) electrons. The first-order valence-corrected chi connectivity index (χ1v) is 8.33. The fourth-order valence-corrected chi connectivity index (χ4v) is 2.84. The number of amides is 1. The molecule has 0 aliphatic rings. The molecule has 128 valence electrons. The van der Waals surface area contributed by atoms with Crippen molar-refractivity contribution in [3.63, 3.8) is 0 Å². The molecule has 1 aromatic heterocycles. The van der Waals surface area contributed by atoms with Gasteiger partial charge in [0.05, 0.1) is 6.54 Å². The highest BCUT2D eigenvalue weighted by Gasteiger charge is 2.16. The molecule has 0 aliphatic heterocycles. The second kappa shape index (κ2) is 6.80. The Morgan fingerprint density at radius 2 is 1.69 bits per heavy atom. The van der Waals surface area contributed by atoms with Crippen molar-refractivity contribution in [3.05, 3.63) is 84.3 Å². The number of nitrogens with zero attached hydrogens (tertiary/aromatic N) is 3. The van der Waals surface area contributed by atoms with E-state index in [1.54, 1.807) is 11.9 Å². The molecule has 0 aliphatic carbocycles. The van der Waals surface area contributed by atoms with Crippen LogP contribution in [0.25, 0.3) is 22.2 Å². The summed E-state index contributed by atoms with van der Waals surface area (Å²) in [5, 5.41) is 6.13. The Labute approximate surface area is 150 Å². The molecule has 3 aromatic carbocycles. The van der Waals surface area contributed by atoms with Crippen LogP contribution >= 0.6 is 0 Å². The van der Waals surface area contributed by atoms with Crippen LogP contribution in [0.2, 0.25) is 0 Å². The maximum atomic E-state index is 12.7. The number of aromatic nitrogens is 2. The quantitative estimate of drug-likeness (QED) is 0.558. The first kappa shape index (κ1) is 16.0. The van der Waals surface area contributed by atoms with E-state index in [1.165, 1.54) is 0 Å². The SMILES string of the molecule is CN(Cc1nc(-c2ccccc2)no1)C(=O)c1ccc2ccccc2c1. The van der Waals surface area contributed by atoms with Crippen LogP contribution in [0, 0.1) is 0 Å². The topological polar surface area (TPSA) is 59.2 Å². The van der Waals surface area contributed by atoms with E-state index in [0.29, 0.717) is 17.3 Å². The number of benzene rings is 3. The van der Waals surface area contributed by atoms with Gasteiger partial charge in [-0.2, -0.15) is 4.98 Å². The zero-order valence-electron chi connectivity index (χ0n) is 14.3. The Kier molecular flexibility index (Phi) is 4.19. The Morgan fingerprint density at radius 1 is 0.962 bits per heavy atom. The van der Waals surface area contributed by atoms with Gasteiger partial charge in [-0.05, 0) is 22.9 Å². The largest absolute Gasteiger partial charge is 0.337 e. The van der Waals surface area contributed by atoms with E-state index in [4.69, 9.17) is 4.52 Å². The molecule has 0 saturated heterocycles. The zero-order valence-corrected chi connectivity index (χ0v) is 14.3. The van der Waals surface area contributed by atoms with Crippen molar-refractivity contribution < 1.29 is 9.32 Å². The van der Waals surface area contributed by atoms with Crippen molar-refractivity contribution in [2.24, 2.45) is 0 Å². The predicted molar refractivity (Wildman–Crippen MR) is 99.5 cm³/mol. The molecule has 26 heavy (non-hydrogen) atoms. The van der Waals surface area contributed by atoms with Crippen LogP contribution in [0.5, 0.6) is 0 Å². The minimum atomic E-state index is -0.0878. The molecule has 1 amide bonds. The lowest BCUT2D eigenvalue weighted by molar-refractivity contribution is 0.0769. The van der Waals surface area contributed by atoms with E-state index in [2.05, 4.69) is 10.1 Å². The maximum Gasteiger partial charge on any atom is 0.254 e. The van der Waals surface area contributed by atoms with Crippen LogP contribution in [0.3, 0.4) is 0 Å². The maximum absolute atomic E-state index is 12.7. The number of hydrogen-bond donors (Lipinski definition) is 0. The lowest BCUT2D eigenvalue weighted by atomic mass is 10.1. The van der Waals surface area contributed by atoms with Crippen molar-refractivity contribution in [1.29, 1.82) is 0 Å². The molecule has 0 unspecified atom stereocenters. The molecule has 0 N–H and O–H groups in total. The lowest BCUT2D eigenvalue weighted by Gasteiger charge is -2.15. The van der Waals surface area contributed by atoms with Crippen molar-refractivity contribution in [2.75, 3.05) is 7.05 Å². The van der Waals surface area contributed by atoms with E-state index < -0.39 is 0 Å². The van der Waals surface area contributed by atoms with Crippen LogP contribution in [0.15, 0.2) is 77.3 Å². The van der Waals surface area contributed by atoms with Gasteiger partial charge < -0.3 is 9.42 Å². The van der Waals surface area contributed by atoms with Gasteiger partial charge in [0, 0.05) is 18.2 Å². The Balaban J connectivity index is 1.51. The van der Waals surface area contributed by atoms with Crippen LogP contribution in [-0.4, -0.2) is 28.0 Å². The Bertz CT molecular complexity index is 1060. The number of hydrogen-bond acceptors (Lipinski definition) is 4. The van der Waals surface area contributed by atoms with Gasteiger partial charge in [-0.15, -0.1) is 0 Å². The lowest BCUT2D eigenvalue weighted by Crippen LogP contribution is -2.26. The number of carbonyl (C=O) groups is 1. The third kappa shape index (κ3) is 3.19. The monoisotopic (exact) mass is 343 g/mol. The molecule has 4 rings (SSSR count). The summed E-state index contributed by atoms with van der Waals surface area (Å²) < 4.78 is 5.29. The first-order valence-electron chi connectivity index (χ1n) is 8.33. The molecule has 0 fully saturated rings. The van der Waals surface area contributed by atoms with Gasteiger partial charge in [-0.3, -0.25) is 4.79 Å². The number of carbonyl (C=O) groups excluding carboxylic acids is 1. The Hall–Kier alpha value is -3.47. The summed E-state index contributed by atoms with van der Waals surface area (Å²) >= 11 is 0. The summed E-state index contributed by atoms with van der Waals surface area (Å²) in [5.41, 5.74) is 1.51.